The van der Waals surface area contributed by atoms with Gasteiger partial charge in [-0.25, -0.2) is 4.98 Å². The molecule has 0 bridgehead atoms. The zero-order chi connectivity index (χ0) is 24.2. The predicted octanol–water partition coefficient (Wildman–Crippen LogP) is 3.59. The number of nitrogens with zero attached hydrogens (tertiary/aromatic N) is 2. The van der Waals surface area contributed by atoms with Crippen LogP contribution in [0.3, 0.4) is 0 Å². The number of aromatic nitrogens is 2. The number of hydrogen-bond donors (Lipinski definition) is 1. The highest BCUT2D eigenvalue weighted by molar-refractivity contribution is 7.99. The highest BCUT2D eigenvalue weighted by Gasteiger charge is 2.17. The first-order valence-electron chi connectivity index (χ1n) is 11.0. The summed E-state index contributed by atoms with van der Waals surface area (Å²) in [7, 11) is 1.61. The van der Waals surface area contributed by atoms with Crippen molar-refractivity contribution in [3.63, 3.8) is 0 Å². The molecule has 8 nitrogen and oxygen atoms in total. The van der Waals surface area contributed by atoms with Crippen molar-refractivity contribution in [1.82, 2.24) is 14.9 Å². The molecule has 0 spiro atoms. The van der Waals surface area contributed by atoms with E-state index < -0.39 is 0 Å². The molecule has 35 heavy (non-hydrogen) atoms. The zero-order valence-corrected chi connectivity index (χ0v) is 19.8. The molecule has 1 aliphatic rings. The number of para-hydroxylation sites is 1. The third-order valence-corrected chi connectivity index (χ3v) is 6.54. The van der Waals surface area contributed by atoms with Crippen molar-refractivity contribution in [2.45, 2.75) is 18.2 Å². The fourth-order valence-corrected chi connectivity index (χ4v) is 4.61. The van der Waals surface area contributed by atoms with Gasteiger partial charge in [0.05, 0.1) is 30.3 Å². The Morgan fingerprint density at radius 3 is 2.80 bits per heavy atom. The van der Waals surface area contributed by atoms with E-state index in [1.54, 1.807) is 23.8 Å². The molecular weight excluding hydrogens is 466 g/mol. The molecule has 0 atom stereocenters. The van der Waals surface area contributed by atoms with Crippen LogP contribution in [0.2, 0.25) is 0 Å². The van der Waals surface area contributed by atoms with Crippen LogP contribution in [0.1, 0.15) is 11.1 Å². The van der Waals surface area contributed by atoms with E-state index in [0.717, 1.165) is 16.9 Å². The predicted molar refractivity (Wildman–Crippen MR) is 133 cm³/mol. The van der Waals surface area contributed by atoms with Crippen LogP contribution in [0.25, 0.3) is 10.9 Å². The monoisotopic (exact) mass is 489 g/mol. The van der Waals surface area contributed by atoms with Crippen LogP contribution in [-0.2, 0) is 17.9 Å². The fraction of sp³-hybridized carbons (Fsp3) is 0.192. The molecule has 4 aromatic rings. The zero-order valence-electron chi connectivity index (χ0n) is 19.0. The summed E-state index contributed by atoms with van der Waals surface area (Å²) in [4.78, 5) is 30.6. The largest absolute Gasteiger partial charge is 0.497 e. The lowest BCUT2D eigenvalue weighted by atomic mass is 10.2. The minimum absolute atomic E-state index is 0.121. The second kappa shape index (κ2) is 10.1. The van der Waals surface area contributed by atoms with Crippen molar-refractivity contribution in [3.05, 3.63) is 88.2 Å². The summed E-state index contributed by atoms with van der Waals surface area (Å²) in [6.45, 7) is 0.856. The average Bonchev–Trinajstić information content (AvgIpc) is 3.36. The van der Waals surface area contributed by atoms with Gasteiger partial charge in [-0.1, -0.05) is 42.1 Å². The SMILES string of the molecule is COc1cccc(CNC(=O)CSc2nc3ccccc3c(=O)n2Cc2ccc3c(c2)OCO3)c1. The van der Waals surface area contributed by atoms with E-state index in [1.165, 1.54) is 11.8 Å². The van der Waals surface area contributed by atoms with E-state index in [2.05, 4.69) is 5.32 Å². The third kappa shape index (κ3) is 5.09. The lowest BCUT2D eigenvalue weighted by molar-refractivity contribution is -0.118. The Morgan fingerprint density at radius 1 is 1.06 bits per heavy atom. The first-order chi connectivity index (χ1) is 17.1. The summed E-state index contributed by atoms with van der Waals surface area (Å²) in [5, 5.41) is 3.91. The standard InChI is InChI=1S/C26H23N3O5S/c1-32-19-6-4-5-17(11-19)13-27-24(30)15-35-26-28-21-8-3-2-7-20(21)25(31)29(26)14-18-9-10-22-23(12-18)34-16-33-22/h2-12H,13-16H2,1H3,(H,27,30). The molecule has 0 saturated carbocycles. The van der Waals surface area contributed by atoms with Gasteiger partial charge in [-0.2, -0.15) is 0 Å². The molecule has 1 aliphatic heterocycles. The van der Waals surface area contributed by atoms with Gasteiger partial charge in [0.25, 0.3) is 5.56 Å². The second-order valence-electron chi connectivity index (χ2n) is 7.91. The molecule has 0 saturated heterocycles. The van der Waals surface area contributed by atoms with Crippen molar-refractivity contribution in [2.75, 3.05) is 19.7 Å². The molecule has 3 aromatic carbocycles. The number of ether oxygens (including phenoxy) is 3. The Hall–Kier alpha value is -3.98. The van der Waals surface area contributed by atoms with Gasteiger partial charge < -0.3 is 19.5 Å². The topological polar surface area (TPSA) is 91.7 Å². The minimum Gasteiger partial charge on any atom is -0.497 e. The number of hydrogen-bond acceptors (Lipinski definition) is 7. The van der Waals surface area contributed by atoms with Gasteiger partial charge in [-0.15, -0.1) is 0 Å². The number of carbonyl (C=O) groups excluding carboxylic acids is 1. The van der Waals surface area contributed by atoms with Crippen LogP contribution in [0.5, 0.6) is 17.2 Å². The van der Waals surface area contributed by atoms with E-state index >= 15 is 0 Å². The van der Waals surface area contributed by atoms with Gasteiger partial charge >= 0.3 is 0 Å². The highest BCUT2D eigenvalue weighted by atomic mass is 32.2. The van der Waals surface area contributed by atoms with Gasteiger partial charge in [-0.05, 0) is 47.5 Å². The molecule has 1 N–H and O–H groups in total. The van der Waals surface area contributed by atoms with Crippen LogP contribution < -0.4 is 25.1 Å². The summed E-state index contributed by atoms with van der Waals surface area (Å²) in [6, 6.07) is 20.3. The smallest absolute Gasteiger partial charge is 0.262 e. The number of benzene rings is 3. The van der Waals surface area contributed by atoms with Gasteiger partial charge in [0, 0.05) is 6.54 Å². The molecule has 0 aliphatic carbocycles. The number of thioether (sulfide) groups is 1. The van der Waals surface area contributed by atoms with Gasteiger partial charge in [0.1, 0.15) is 5.75 Å². The Bertz CT molecular complexity index is 1450. The number of rotatable bonds is 8. The van der Waals surface area contributed by atoms with Crippen LogP contribution in [0.4, 0.5) is 0 Å². The van der Waals surface area contributed by atoms with Crippen LogP contribution >= 0.6 is 11.8 Å². The molecule has 1 amide bonds. The third-order valence-electron chi connectivity index (χ3n) is 5.56. The summed E-state index contributed by atoms with van der Waals surface area (Å²) in [5.74, 6) is 2.03. The molecule has 1 aromatic heterocycles. The summed E-state index contributed by atoms with van der Waals surface area (Å²) in [6.07, 6.45) is 0. The van der Waals surface area contributed by atoms with Crippen LogP contribution in [0, 0.1) is 0 Å². The van der Waals surface area contributed by atoms with Crippen molar-refractivity contribution < 1.29 is 19.0 Å². The maximum absolute atomic E-state index is 13.3. The second-order valence-corrected chi connectivity index (χ2v) is 8.85. The maximum atomic E-state index is 13.3. The number of fused-ring (bicyclic) bond motifs is 2. The summed E-state index contributed by atoms with van der Waals surface area (Å²) >= 11 is 1.23. The lowest BCUT2D eigenvalue weighted by Gasteiger charge is -2.14. The Balaban J connectivity index is 1.35. The van der Waals surface area contributed by atoms with E-state index in [1.807, 2.05) is 54.6 Å². The van der Waals surface area contributed by atoms with Crippen molar-refractivity contribution in [1.29, 1.82) is 0 Å². The molecule has 0 fully saturated rings. The molecule has 5 rings (SSSR count). The molecule has 0 unspecified atom stereocenters. The summed E-state index contributed by atoms with van der Waals surface area (Å²) in [5.41, 5.74) is 2.25. The van der Waals surface area contributed by atoms with E-state index in [-0.39, 0.29) is 24.0 Å². The molecule has 0 radical (unpaired) electrons. The minimum atomic E-state index is -0.160. The van der Waals surface area contributed by atoms with E-state index in [9.17, 15) is 9.59 Å². The van der Waals surface area contributed by atoms with Crippen molar-refractivity contribution in [2.24, 2.45) is 0 Å². The van der Waals surface area contributed by atoms with Crippen LogP contribution in [0.15, 0.2) is 76.7 Å². The lowest BCUT2D eigenvalue weighted by Crippen LogP contribution is -2.27. The van der Waals surface area contributed by atoms with Gasteiger partial charge in [0.2, 0.25) is 12.7 Å². The average molecular weight is 490 g/mol. The van der Waals surface area contributed by atoms with E-state index in [4.69, 9.17) is 19.2 Å². The first kappa shape index (κ1) is 22.8. The van der Waals surface area contributed by atoms with E-state index in [0.29, 0.717) is 40.6 Å². The summed E-state index contributed by atoms with van der Waals surface area (Å²) < 4.78 is 17.7. The van der Waals surface area contributed by atoms with Crippen LogP contribution in [-0.4, -0.2) is 35.1 Å². The fourth-order valence-electron chi connectivity index (χ4n) is 3.78. The molecule has 178 valence electrons. The Kier molecular flexibility index (Phi) is 6.58. The first-order valence-corrected chi connectivity index (χ1v) is 12.0. The number of nitrogens with one attached hydrogen (secondary N) is 1. The Labute approximate surface area is 205 Å². The molecule has 2 heterocycles. The number of methoxy groups -OCH3 is 1. The normalized spacial score (nSPS) is 12.0. The number of amides is 1. The Morgan fingerprint density at radius 2 is 1.91 bits per heavy atom. The molecular formula is C26H23N3O5S. The van der Waals surface area contributed by atoms with Gasteiger partial charge in [0.15, 0.2) is 16.7 Å². The molecule has 9 heteroatoms. The van der Waals surface area contributed by atoms with Gasteiger partial charge in [-0.3, -0.25) is 14.2 Å². The quantitative estimate of drug-likeness (QED) is 0.299. The van der Waals surface area contributed by atoms with Crippen molar-refractivity contribution in [3.8, 4) is 17.2 Å². The van der Waals surface area contributed by atoms with Crippen molar-refractivity contribution >= 4 is 28.6 Å². The highest BCUT2D eigenvalue weighted by Crippen LogP contribution is 2.33. The number of carbonyl (C=O) groups is 1. The maximum Gasteiger partial charge on any atom is 0.262 e.